The van der Waals surface area contributed by atoms with Gasteiger partial charge in [-0.1, -0.05) is 12.1 Å². The lowest BCUT2D eigenvalue weighted by atomic mass is 10.3. The van der Waals surface area contributed by atoms with Crippen LogP contribution in [0.5, 0.6) is 11.5 Å². The molecule has 4 N–H and O–H groups in total. The number of anilines is 4. The van der Waals surface area contributed by atoms with E-state index in [-0.39, 0.29) is 6.03 Å². The molecule has 3 aromatic rings. The molecular weight excluding hydrogens is 408 g/mol. The summed E-state index contributed by atoms with van der Waals surface area (Å²) >= 11 is 0. The molecule has 0 bridgehead atoms. The number of carbonyl (C=O) groups excluding carboxylic acids is 1. The predicted octanol–water partition coefficient (Wildman–Crippen LogP) is 4.17. The largest absolute Gasteiger partial charge is 0.497 e. The van der Waals surface area contributed by atoms with Crippen LogP contribution < -0.4 is 30.7 Å². The molecule has 0 saturated carbocycles. The molecule has 9 heteroatoms. The Hall–Kier alpha value is -4.01. The molecule has 32 heavy (non-hydrogen) atoms. The minimum atomic E-state index is -0.314. The van der Waals surface area contributed by atoms with Crippen molar-refractivity contribution in [2.45, 2.75) is 13.8 Å². The fourth-order valence-corrected chi connectivity index (χ4v) is 2.90. The number of aromatic nitrogens is 2. The van der Waals surface area contributed by atoms with Gasteiger partial charge in [0.1, 0.15) is 17.3 Å². The highest BCUT2D eigenvalue weighted by Crippen LogP contribution is 2.23. The molecule has 9 nitrogen and oxygen atoms in total. The molecule has 0 fully saturated rings. The second-order valence-corrected chi connectivity index (χ2v) is 6.81. The normalized spacial score (nSPS) is 10.2. The number of benzene rings is 2. The summed E-state index contributed by atoms with van der Waals surface area (Å²) in [5.74, 6) is 2.57. The Kier molecular flexibility index (Phi) is 8.08. The highest BCUT2D eigenvalue weighted by molar-refractivity contribution is 5.90. The first-order valence-corrected chi connectivity index (χ1v) is 10.3. The van der Waals surface area contributed by atoms with Crippen molar-refractivity contribution < 1.29 is 14.3 Å². The van der Waals surface area contributed by atoms with Crippen molar-refractivity contribution in [1.82, 2.24) is 15.3 Å². The van der Waals surface area contributed by atoms with Crippen LogP contribution in [0.15, 0.2) is 54.6 Å². The molecule has 0 radical (unpaired) electrons. The topological polar surface area (TPSA) is 109 Å². The standard InChI is InChI=1S/C23H28N6O3/c1-4-32-20-8-6-5-7-19(20)28-23(30)25-14-13-24-22-26-16(2)15-21(29-22)27-17-9-11-18(31-3)12-10-17/h5-12,15H,4,13-14H2,1-3H3,(H2,25,28,30)(H2,24,26,27,29). The van der Waals surface area contributed by atoms with Gasteiger partial charge in [0, 0.05) is 30.5 Å². The molecule has 0 atom stereocenters. The van der Waals surface area contributed by atoms with Crippen molar-refractivity contribution in [3.63, 3.8) is 0 Å². The lowest BCUT2D eigenvalue weighted by Crippen LogP contribution is -2.33. The fraction of sp³-hybridized carbons (Fsp3) is 0.261. The zero-order valence-electron chi connectivity index (χ0n) is 18.4. The number of ether oxygens (including phenoxy) is 2. The molecule has 2 amide bonds. The van der Waals surface area contributed by atoms with Crippen molar-refractivity contribution in [2.75, 3.05) is 42.8 Å². The van der Waals surface area contributed by atoms with Gasteiger partial charge in [0.2, 0.25) is 5.95 Å². The van der Waals surface area contributed by atoms with E-state index >= 15 is 0 Å². The van der Waals surface area contributed by atoms with E-state index in [0.29, 0.717) is 42.9 Å². The number of methoxy groups -OCH3 is 1. The lowest BCUT2D eigenvalue weighted by molar-refractivity contribution is 0.252. The number of nitrogens with zero attached hydrogens (tertiary/aromatic N) is 2. The summed E-state index contributed by atoms with van der Waals surface area (Å²) in [6.45, 7) is 5.17. The number of hydrogen-bond acceptors (Lipinski definition) is 7. The second kappa shape index (κ2) is 11.4. The lowest BCUT2D eigenvalue weighted by Gasteiger charge is -2.13. The van der Waals surface area contributed by atoms with E-state index in [9.17, 15) is 4.79 Å². The number of para-hydroxylation sites is 2. The van der Waals surface area contributed by atoms with E-state index in [1.807, 2.05) is 62.4 Å². The first-order chi connectivity index (χ1) is 15.6. The van der Waals surface area contributed by atoms with Gasteiger partial charge in [-0.15, -0.1) is 0 Å². The van der Waals surface area contributed by atoms with E-state index in [1.54, 1.807) is 13.2 Å². The van der Waals surface area contributed by atoms with Crippen LogP contribution in [0.1, 0.15) is 12.6 Å². The van der Waals surface area contributed by atoms with Gasteiger partial charge in [-0.05, 0) is 50.2 Å². The molecule has 0 aliphatic carbocycles. The summed E-state index contributed by atoms with van der Waals surface area (Å²) in [5.41, 5.74) is 2.33. The monoisotopic (exact) mass is 436 g/mol. The number of hydrogen-bond donors (Lipinski definition) is 4. The number of urea groups is 1. The third-order valence-corrected chi connectivity index (χ3v) is 4.35. The molecule has 3 rings (SSSR count). The number of nitrogens with one attached hydrogen (secondary N) is 4. The average Bonchev–Trinajstić information content (AvgIpc) is 2.78. The van der Waals surface area contributed by atoms with Crippen LogP contribution in [0, 0.1) is 6.92 Å². The number of carbonyl (C=O) groups is 1. The van der Waals surface area contributed by atoms with Gasteiger partial charge < -0.3 is 30.7 Å². The van der Waals surface area contributed by atoms with E-state index in [2.05, 4.69) is 31.2 Å². The van der Waals surface area contributed by atoms with E-state index in [0.717, 1.165) is 17.1 Å². The average molecular weight is 437 g/mol. The first-order valence-electron chi connectivity index (χ1n) is 10.3. The van der Waals surface area contributed by atoms with Crippen LogP contribution in [0.3, 0.4) is 0 Å². The van der Waals surface area contributed by atoms with Gasteiger partial charge in [-0.25, -0.2) is 9.78 Å². The molecule has 168 valence electrons. The highest BCUT2D eigenvalue weighted by atomic mass is 16.5. The van der Waals surface area contributed by atoms with Crippen LogP contribution in [0.2, 0.25) is 0 Å². The third kappa shape index (κ3) is 6.76. The van der Waals surface area contributed by atoms with Crippen LogP contribution in [-0.4, -0.2) is 42.8 Å². The summed E-state index contributed by atoms with van der Waals surface area (Å²) in [4.78, 5) is 21.1. The van der Waals surface area contributed by atoms with E-state index in [1.165, 1.54) is 0 Å². The number of rotatable bonds is 10. The van der Waals surface area contributed by atoms with Gasteiger partial charge >= 0.3 is 6.03 Å². The van der Waals surface area contributed by atoms with Crippen molar-refractivity contribution in [1.29, 1.82) is 0 Å². The van der Waals surface area contributed by atoms with E-state index in [4.69, 9.17) is 9.47 Å². The summed E-state index contributed by atoms with van der Waals surface area (Å²) in [7, 11) is 1.63. The second-order valence-electron chi connectivity index (χ2n) is 6.81. The fourth-order valence-electron chi connectivity index (χ4n) is 2.90. The summed E-state index contributed by atoms with van der Waals surface area (Å²) in [5, 5.41) is 12.0. The van der Waals surface area contributed by atoms with Gasteiger partial charge in [0.25, 0.3) is 0 Å². The predicted molar refractivity (Wildman–Crippen MR) is 126 cm³/mol. The molecule has 0 saturated heterocycles. The Morgan fingerprint density at radius 1 is 1.03 bits per heavy atom. The van der Waals surface area contributed by atoms with Gasteiger partial charge in [-0.2, -0.15) is 4.98 Å². The van der Waals surface area contributed by atoms with Crippen LogP contribution >= 0.6 is 0 Å². The van der Waals surface area contributed by atoms with Crippen molar-refractivity contribution >= 4 is 29.2 Å². The highest BCUT2D eigenvalue weighted by Gasteiger charge is 2.07. The zero-order valence-corrected chi connectivity index (χ0v) is 18.4. The summed E-state index contributed by atoms with van der Waals surface area (Å²) < 4.78 is 10.7. The quantitative estimate of drug-likeness (QED) is 0.353. The van der Waals surface area contributed by atoms with Crippen molar-refractivity contribution in [3.8, 4) is 11.5 Å². The molecule has 0 aliphatic rings. The summed E-state index contributed by atoms with van der Waals surface area (Å²) in [6, 6.07) is 16.4. The maximum absolute atomic E-state index is 12.2. The van der Waals surface area contributed by atoms with E-state index < -0.39 is 0 Å². The van der Waals surface area contributed by atoms with Gasteiger partial charge in [0.05, 0.1) is 19.4 Å². The SMILES string of the molecule is CCOc1ccccc1NC(=O)NCCNc1nc(C)cc(Nc2ccc(OC)cc2)n1. The molecule has 2 aromatic carbocycles. The van der Waals surface area contributed by atoms with Gasteiger partial charge in [0.15, 0.2) is 0 Å². The van der Waals surface area contributed by atoms with Gasteiger partial charge in [-0.3, -0.25) is 0 Å². The maximum Gasteiger partial charge on any atom is 0.319 e. The Labute approximate surface area is 187 Å². The number of aryl methyl sites for hydroxylation is 1. The minimum absolute atomic E-state index is 0.314. The summed E-state index contributed by atoms with van der Waals surface area (Å²) in [6.07, 6.45) is 0. The molecular formula is C23H28N6O3. The zero-order chi connectivity index (χ0) is 22.8. The molecule has 0 unspecified atom stereocenters. The molecule has 0 spiro atoms. The third-order valence-electron chi connectivity index (χ3n) is 4.35. The molecule has 1 heterocycles. The van der Waals surface area contributed by atoms with Crippen molar-refractivity contribution in [3.05, 3.63) is 60.3 Å². The Morgan fingerprint density at radius 3 is 2.56 bits per heavy atom. The van der Waals surface area contributed by atoms with Crippen LogP contribution in [0.4, 0.5) is 27.9 Å². The Morgan fingerprint density at radius 2 is 1.81 bits per heavy atom. The number of amides is 2. The smallest absolute Gasteiger partial charge is 0.319 e. The Bertz CT molecular complexity index is 1030. The Balaban J connectivity index is 1.49. The molecule has 1 aromatic heterocycles. The molecule has 0 aliphatic heterocycles. The van der Waals surface area contributed by atoms with Crippen molar-refractivity contribution in [2.24, 2.45) is 0 Å². The van der Waals surface area contributed by atoms with Crippen LogP contribution in [0.25, 0.3) is 0 Å². The first kappa shape index (κ1) is 22.7. The van der Waals surface area contributed by atoms with Crippen LogP contribution in [-0.2, 0) is 0 Å². The maximum atomic E-state index is 12.2. The minimum Gasteiger partial charge on any atom is -0.497 e.